The average Bonchev–Trinajstić information content (AvgIpc) is 1.93. The summed E-state index contributed by atoms with van der Waals surface area (Å²) in [6.45, 7) is 0. The first-order valence-electron chi connectivity index (χ1n) is 4.24. The van der Waals surface area contributed by atoms with E-state index in [1.165, 1.54) is 12.8 Å². The summed E-state index contributed by atoms with van der Waals surface area (Å²) in [4.78, 5) is 10.6. The van der Waals surface area contributed by atoms with Crippen molar-refractivity contribution in [1.82, 2.24) is 0 Å². The molecule has 1 fully saturated rings. The highest BCUT2D eigenvalue weighted by atomic mass is 16.1. The molecule has 64 valence electrons. The van der Waals surface area contributed by atoms with Gasteiger partial charge in [0.2, 0.25) is 5.91 Å². The third kappa shape index (κ3) is 2.50. The number of amides is 1. The molecule has 0 heterocycles. The Kier molecular flexibility index (Phi) is 2.88. The third-order valence-electron chi connectivity index (χ3n) is 2.43. The molecule has 1 amide bonds. The zero-order chi connectivity index (χ0) is 8.27. The van der Waals surface area contributed by atoms with Gasteiger partial charge in [0.15, 0.2) is 0 Å². The van der Waals surface area contributed by atoms with Crippen molar-refractivity contribution < 1.29 is 4.79 Å². The standard InChI is InChI=1S/C8H16N2O/c9-7-4-2-1-3-6(7)5-8(10)11/h6-7H,1-5,9H2,(H2,10,11)/t6-,7-/m0/s1. The fraction of sp³-hybridized carbons (Fsp3) is 0.875. The molecule has 0 spiro atoms. The van der Waals surface area contributed by atoms with Gasteiger partial charge < -0.3 is 11.5 Å². The first-order chi connectivity index (χ1) is 5.20. The Labute approximate surface area is 67.1 Å². The molecule has 0 aliphatic heterocycles. The molecule has 0 radical (unpaired) electrons. The smallest absolute Gasteiger partial charge is 0.217 e. The zero-order valence-corrected chi connectivity index (χ0v) is 6.75. The second kappa shape index (κ2) is 3.72. The maximum absolute atomic E-state index is 10.6. The van der Waals surface area contributed by atoms with Crippen molar-refractivity contribution in [3.63, 3.8) is 0 Å². The molecule has 0 aromatic rings. The Hall–Kier alpha value is -0.570. The summed E-state index contributed by atoms with van der Waals surface area (Å²) in [5.74, 6) is 0.133. The second-order valence-corrected chi connectivity index (χ2v) is 3.38. The van der Waals surface area contributed by atoms with Gasteiger partial charge in [-0.1, -0.05) is 12.8 Å². The van der Waals surface area contributed by atoms with Crippen molar-refractivity contribution in [1.29, 1.82) is 0 Å². The molecule has 1 aliphatic carbocycles. The molecule has 1 saturated carbocycles. The molecular formula is C8H16N2O. The molecule has 11 heavy (non-hydrogen) atoms. The zero-order valence-electron chi connectivity index (χ0n) is 6.75. The van der Waals surface area contributed by atoms with Gasteiger partial charge in [-0.05, 0) is 18.8 Å². The number of primary amides is 1. The van der Waals surface area contributed by atoms with Crippen LogP contribution in [0.15, 0.2) is 0 Å². The fourth-order valence-electron chi connectivity index (χ4n) is 1.75. The van der Waals surface area contributed by atoms with E-state index in [1.54, 1.807) is 0 Å². The van der Waals surface area contributed by atoms with Crippen molar-refractivity contribution in [2.45, 2.75) is 38.1 Å². The Morgan fingerprint density at radius 3 is 2.55 bits per heavy atom. The first-order valence-corrected chi connectivity index (χ1v) is 4.24. The van der Waals surface area contributed by atoms with Gasteiger partial charge in [0.1, 0.15) is 0 Å². The van der Waals surface area contributed by atoms with Crippen LogP contribution in [-0.2, 0) is 4.79 Å². The van der Waals surface area contributed by atoms with Crippen LogP contribution < -0.4 is 11.5 Å². The molecule has 3 nitrogen and oxygen atoms in total. The van der Waals surface area contributed by atoms with E-state index in [4.69, 9.17) is 11.5 Å². The lowest BCUT2D eigenvalue weighted by Crippen LogP contribution is -2.35. The highest BCUT2D eigenvalue weighted by molar-refractivity contribution is 5.74. The second-order valence-electron chi connectivity index (χ2n) is 3.38. The first kappa shape index (κ1) is 8.53. The van der Waals surface area contributed by atoms with Crippen molar-refractivity contribution in [3.05, 3.63) is 0 Å². The van der Waals surface area contributed by atoms with Crippen molar-refractivity contribution in [3.8, 4) is 0 Å². The number of carbonyl (C=O) groups excluding carboxylic acids is 1. The lowest BCUT2D eigenvalue weighted by atomic mass is 9.83. The van der Waals surface area contributed by atoms with Crippen LogP contribution in [0.3, 0.4) is 0 Å². The Morgan fingerprint density at radius 2 is 2.00 bits per heavy atom. The Balaban J connectivity index is 2.35. The number of nitrogens with two attached hydrogens (primary N) is 2. The summed E-state index contributed by atoms with van der Waals surface area (Å²) < 4.78 is 0. The molecule has 0 saturated heterocycles. The van der Waals surface area contributed by atoms with E-state index >= 15 is 0 Å². The van der Waals surface area contributed by atoms with Crippen LogP contribution in [0, 0.1) is 5.92 Å². The highest BCUT2D eigenvalue weighted by Crippen LogP contribution is 2.24. The summed E-state index contributed by atoms with van der Waals surface area (Å²) >= 11 is 0. The molecule has 1 rings (SSSR count). The van der Waals surface area contributed by atoms with Crippen LogP contribution in [0.5, 0.6) is 0 Å². The van der Waals surface area contributed by atoms with E-state index in [0.717, 1.165) is 12.8 Å². The van der Waals surface area contributed by atoms with Crippen LogP contribution in [0.25, 0.3) is 0 Å². The van der Waals surface area contributed by atoms with Gasteiger partial charge in [0.05, 0.1) is 0 Å². The molecule has 2 atom stereocenters. The fourth-order valence-corrected chi connectivity index (χ4v) is 1.75. The topological polar surface area (TPSA) is 69.1 Å². The SMILES string of the molecule is NC(=O)C[C@@H]1CCCC[C@@H]1N. The minimum absolute atomic E-state index is 0.205. The van der Waals surface area contributed by atoms with E-state index in [9.17, 15) is 4.79 Å². The normalized spacial score (nSPS) is 31.7. The Morgan fingerprint density at radius 1 is 1.36 bits per heavy atom. The van der Waals surface area contributed by atoms with E-state index in [0.29, 0.717) is 12.3 Å². The minimum Gasteiger partial charge on any atom is -0.370 e. The van der Waals surface area contributed by atoms with Gasteiger partial charge in [-0.2, -0.15) is 0 Å². The van der Waals surface area contributed by atoms with Crippen LogP contribution >= 0.6 is 0 Å². The van der Waals surface area contributed by atoms with Crippen molar-refractivity contribution in [2.75, 3.05) is 0 Å². The van der Waals surface area contributed by atoms with Crippen molar-refractivity contribution in [2.24, 2.45) is 17.4 Å². The maximum Gasteiger partial charge on any atom is 0.217 e. The summed E-state index contributed by atoms with van der Waals surface area (Å²) in [5, 5.41) is 0. The molecule has 0 bridgehead atoms. The molecule has 4 N–H and O–H groups in total. The lowest BCUT2D eigenvalue weighted by Gasteiger charge is -2.27. The van der Waals surface area contributed by atoms with Gasteiger partial charge in [0.25, 0.3) is 0 Å². The monoisotopic (exact) mass is 156 g/mol. The van der Waals surface area contributed by atoms with E-state index in [2.05, 4.69) is 0 Å². The van der Waals surface area contributed by atoms with Crippen molar-refractivity contribution >= 4 is 5.91 Å². The van der Waals surface area contributed by atoms with E-state index in [-0.39, 0.29) is 11.9 Å². The number of rotatable bonds is 2. The van der Waals surface area contributed by atoms with Gasteiger partial charge >= 0.3 is 0 Å². The lowest BCUT2D eigenvalue weighted by molar-refractivity contribution is -0.119. The molecule has 0 aromatic heterocycles. The predicted octanol–water partition coefficient (Wildman–Crippen LogP) is 0.379. The molecular weight excluding hydrogens is 140 g/mol. The number of carbonyl (C=O) groups is 1. The van der Waals surface area contributed by atoms with Crippen LogP contribution in [0.4, 0.5) is 0 Å². The molecule has 3 heteroatoms. The summed E-state index contributed by atoms with van der Waals surface area (Å²) in [6.07, 6.45) is 5.01. The molecule has 1 aliphatic rings. The highest BCUT2D eigenvalue weighted by Gasteiger charge is 2.22. The summed E-state index contributed by atoms with van der Waals surface area (Å²) in [6, 6.07) is 0.205. The van der Waals surface area contributed by atoms with E-state index < -0.39 is 0 Å². The molecule has 0 aromatic carbocycles. The van der Waals surface area contributed by atoms with Gasteiger partial charge in [0, 0.05) is 12.5 Å². The molecule has 0 unspecified atom stereocenters. The third-order valence-corrected chi connectivity index (χ3v) is 2.43. The van der Waals surface area contributed by atoms with Crippen LogP contribution in [-0.4, -0.2) is 11.9 Å². The van der Waals surface area contributed by atoms with Crippen LogP contribution in [0.2, 0.25) is 0 Å². The van der Waals surface area contributed by atoms with E-state index in [1.807, 2.05) is 0 Å². The van der Waals surface area contributed by atoms with Gasteiger partial charge in [-0.25, -0.2) is 0 Å². The number of hydrogen-bond acceptors (Lipinski definition) is 2. The van der Waals surface area contributed by atoms with Gasteiger partial charge in [-0.15, -0.1) is 0 Å². The quantitative estimate of drug-likeness (QED) is 0.606. The van der Waals surface area contributed by atoms with Gasteiger partial charge in [-0.3, -0.25) is 4.79 Å². The predicted molar refractivity (Wildman–Crippen MR) is 43.7 cm³/mol. The number of hydrogen-bond donors (Lipinski definition) is 2. The average molecular weight is 156 g/mol. The van der Waals surface area contributed by atoms with Crippen LogP contribution in [0.1, 0.15) is 32.1 Å². The Bertz CT molecular complexity index is 147. The maximum atomic E-state index is 10.6. The summed E-state index contributed by atoms with van der Waals surface area (Å²) in [7, 11) is 0. The largest absolute Gasteiger partial charge is 0.370 e. The summed E-state index contributed by atoms with van der Waals surface area (Å²) in [5.41, 5.74) is 10.9. The minimum atomic E-state index is -0.215.